The van der Waals surface area contributed by atoms with Gasteiger partial charge in [-0.1, -0.05) is 0 Å². The molecule has 3 N–H and O–H groups in total. The zero-order valence-electron chi connectivity index (χ0n) is 8.63. The van der Waals surface area contributed by atoms with Gasteiger partial charge in [0.15, 0.2) is 0 Å². The molecule has 0 radical (unpaired) electrons. The van der Waals surface area contributed by atoms with Gasteiger partial charge in [-0.2, -0.15) is 11.8 Å². The maximum atomic E-state index is 10.4. The first kappa shape index (κ1) is 11.9. The van der Waals surface area contributed by atoms with Crippen LogP contribution in [0.15, 0.2) is 0 Å². The van der Waals surface area contributed by atoms with Gasteiger partial charge in [0, 0.05) is 6.42 Å². The molecule has 1 aliphatic rings. The monoisotopic (exact) mass is 216 g/mol. The number of hydrogen-bond acceptors (Lipinski definition) is 3. The summed E-state index contributed by atoms with van der Waals surface area (Å²) >= 11 is 2.05. The molecule has 3 nitrogen and oxygen atoms in total. The highest BCUT2D eigenvalue weighted by atomic mass is 32.2. The molecule has 0 aliphatic carbocycles. The Kier molecular flexibility index (Phi) is 6.03. The molecular weight excluding hydrogens is 196 g/mol. The molecule has 0 aromatic heterocycles. The van der Waals surface area contributed by atoms with Crippen LogP contribution in [0, 0.1) is 5.92 Å². The second kappa shape index (κ2) is 7.12. The van der Waals surface area contributed by atoms with Gasteiger partial charge in [-0.3, -0.25) is 4.79 Å². The maximum Gasteiger partial charge on any atom is 0.217 e. The van der Waals surface area contributed by atoms with Gasteiger partial charge in [-0.05, 0) is 49.8 Å². The van der Waals surface area contributed by atoms with E-state index in [9.17, 15) is 4.79 Å². The molecule has 1 heterocycles. The third-order valence-electron chi connectivity index (χ3n) is 2.48. The number of carbonyl (C=O) groups is 1. The largest absolute Gasteiger partial charge is 0.370 e. The van der Waals surface area contributed by atoms with Crippen LogP contribution in [0.1, 0.15) is 25.7 Å². The summed E-state index contributed by atoms with van der Waals surface area (Å²) in [7, 11) is 0. The molecule has 0 spiro atoms. The topological polar surface area (TPSA) is 55.1 Å². The number of nitrogens with one attached hydrogen (secondary N) is 1. The molecule has 14 heavy (non-hydrogen) atoms. The lowest BCUT2D eigenvalue weighted by Gasteiger charge is -2.09. The van der Waals surface area contributed by atoms with Gasteiger partial charge in [-0.25, -0.2) is 0 Å². The van der Waals surface area contributed by atoms with Crippen molar-refractivity contribution in [3.63, 3.8) is 0 Å². The molecule has 0 aromatic rings. The first-order valence-electron chi connectivity index (χ1n) is 5.36. The fourth-order valence-corrected chi connectivity index (χ4v) is 2.88. The molecule has 0 saturated carbocycles. The van der Waals surface area contributed by atoms with Crippen molar-refractivity contribution >= 4 is 17.7 Å². The third kappa shape index (κ3) is 5.50. The van der Waals surface area contributed by atoms with E-state index in [0.29, 0.717) is 6.42 Å². The number of amides is 1. The van der Waals surface area contributed by atoms with E-state index in [1.807, 2.05) is 0 Å². The first-order valence-corrected chi connectivity index (χ1v) is 6.51. The summed E-state index contributed by atoms with van der Waals surface area (Å²) in [5, 5.41) is 3.44. The van der Waals surface area contributed by atoms with Crippen LogP contribution in [-0.2, 0) is 4.79 Å². The van der Waals surface area contributed by atoms with Crippen molar-refractivity contribution in [3.05, 3.63) is 0 Å². The number of unbranched alkanes of at least 4 members (excludes halogenated alkanes) is 1. The number of hydrogen-bond donors (Lipinski definition) is 2. The number of thioether (sulfide) groups is 1. The van der Waals surface area contributed by atoms with Crippen LogP contribution in [-0.4, -0.2) is 30.5 Å². The summed E-state index contributed by atoms with van der Waals surface area (Å²) < 4.78 is 0. The summed E-state index contributed by atoms with van der Waals surface area (Å²) in [6.45, 7) is 2.16. The minimum Gasteiger partial charge on any atom is -0.370 e. The molecule has 4 heteroatoms. The molecule has 82 valence electrons. The Morgan fingerprint density at radius 1 is 1.50 bits per heavy atom. The van der Waals surface area contributed by atoms with Crippen LogP contribution in [0.3, 0.4) is 0 Å². The van der Waals surface area contributed by atoms with Crippen LogP contribution < -0.4 is 11.1 Å². The molecule has 1 aliphatic heterocycles. The summed E-state index contributed by atoms with van der Waals surface area (Å²) in [6.07, 6.45) is 3.87. The van der Waals surface area contributed by atoms with E-state index in [4.69, 9.17) is 5.73 Å². The second-order valence-electron chi connectivity index (χ2n) is 3.86. The van der Waals surface area contributed by atoms with E-state index in [2.05, 4.69) is 17.1 Å². The van der Waals surface area contributed by atoms with Crippen molar-refractivity contribution in [2.24, 2.45) is 11.7 Å². The molecule has 1 saturated heterocycles. The van der Waals surface area contributed by atoms with Gasteiger partial charge in [0.2, 0.25) is 5.91 Å². The Hall–Kier alpha value is -0.220. The van der Waals surface area contributed by atoms with Crippen LogP contribution in [0.2, 0.25) is 0 Å². The number of nitrogens with two attached hydrogens (primary N) is 1. The van der Waals surface area contributed by atoms with Crippen molar-refractivity contribution in [3.8, 4) is 0 Å². The summed E-state index contributed by atoms with van der Waals surface area (Å²) in [5.41, 5.74) is 5.04. The predicted octanol–water partition coefficient (Wildman–Crippen LogP) is 0.985. The molecule has 1 amide bonds. The van der Waals surface area contributed by atoms with E-state index in [0.717, 1.165) is 31.8 Å². The minimum atomic E-state index is -0.183. The number of carbonyl (C=O) groups excluding carboxylic acids is 1. The lowest BCUT2D eigenvalue weighted by molar-refractivity contribution is -0.118. The van der Waals surface area contributed by atoms with Crippen molar-refractivity contribution in [2.45, 2.75) is 25.7 Å². The zero-order valence-corrected chi connectivity index (χ0v) is 9.44. The van der Waals surface area contributed by atoms with Crippen LogP contribution >= 0.6 is 11.8 Å². The van der Waals surface area contributed by atoms with Gasteiger partial charge in [0.05, 0.1) is 0 Å². The Bertz CT molecular complexity index is 170. The lowest BCUT2D eigenvalue weighted by atomic mass is 10.1. The van der Waals surface area contributed by atoms with Gasteiger partial charge >= 0.3 is 0 Å². The average molecular weight is 216 g/mol. The third-order valence-corrected chi connectivity index (χ3v) is 3.72. The fraction of sp³-hybridized carbons (Fsp3) is 0.900. The van der Waals surface area contributed by atoms with E-state index >= 15 is 0 Å². The van der Waals surface area contributed by atoms with E-state index in [1.165, 1.54) is 17.9 Å². The predicted molar refractivity (Wildman–Crippen MR) is 61.3 cm³/mol. The summed E-state index contributed by atoms with van der Waals surface area (Å²) in [6, 6.07) is 0. The number of rotatable bonds is 7. The molecule has 0 bridgehead atoms. The highest BCUT2D eigenvalue weighted by Crippen LogP contribution is 2.22. The smallest absolute Gasteiger partial charge is 0.217 e. The van der Waals surface area contributed by atoms with E-state index in [1.54, 1.807) is 0 Å². The summed E-state index contributed by atoms with van der Waals surface area (Å²) in [5.74, 6) is 3.33. The molecule has 1 unspecified atom stereocenters. The number of primary amides is 1. The lowest BCUT2D eigenvalue weighted by Crippen LogP contribution is -2.23. The fourth-order valence-electron chi connectivity index (χ4n) is 1.60. The molecule has 0 aromatic carbocycles. The SMILES string of the molecule is NC(=O)CCCCNCC1CCSC1. The van der Waals surface area contributed by atoms with Crippen LogP contribution in [0.5, 0.6) is 0 Å². The molecule has 1 atom stereocenters. The van der Waals surface area contributed by atoms with Crippen LogP contribution in [0.25, 0.3) is 0 Å². The normalized spacial score (nSPS) is 21.3. The van der Waals surface area contributed by atoms with Gasteiger partial charge in [-0.15, -0.1) is 0 Å². The Morgan fingerprint density at radius 2 is 2.36 bits per heavy atom. The molecule has 1 fully saturated rings. The Labute approximate surface area is 90.2 Å². The molecule has 1 rings (SSSR count). The van der Waals surface area contributed by atoms with Gasteiger partial charge in [0.1, 0.15) is 0 Å². The van der Waals surface area contributed by atoms with Crippen molar-refractivity contribution in [2.75, 3.05) is 24.6 Å². The maximum absolute atomic E-state index is 10.4. The highest BCUT2D eigenvalue weighted by Gasteiger charge is 2.14. The van der Waals surface area contributed by atoms with Crippen molar-refractivity contribution < 1.29 is 4.79 Å². The molecular formula is C10H20N2OS. The van der Waals surface area contributed by atoms with Gasteiger partial charge in [0.25, 0.3) is 0 Å². The van der Waals surface area contributed by atoms with Crippen molar-refractivity contribution in [1.82, 2.24) is 5.32 Å². The Morgan fingerprint density at radius 3 is 3.00 bits per heavy atom. The highest BCUT2D eigenvalue weighted by molar-refractivity contribution is 7.99. The first-order chi connectivity index (χ1) is 6.79. The van der Waals surface area contributed by atoms with Gasteiger partial charge < -0.3 is 11.1 Å². The minimum absolute atomic E-state index is 0.183. The summed E-state index contributed by atoms with van der Waals surface area (Å²) in [4.78, 5) is 10.4. The van der Waals surface area contributed by atoms with Crippen molar-refractivity contribution in [1.29, 1.82) is 0 Å². The Balaban J connectivity index is 1.82. The van der Waals surface area contributed by atoms with Crippen LogP contribution in [0.4, 0.5) is 0 Å². The standard InChI is InChI=1S/C10H20N2OS/c11-10(13)3-1-2-5-12-7-9-4-6-14-8-9/h9,12H,1-8H2,(H2,11,13). The zero-order chi connectivity index (χ0) is 10.2. The quantitative estimate of drug-likeness (QED) is 0.624. The van der Waals surface area contributed by atoms with E-state index < -0.39 is 0 Å². The van der Waals surface area contributed by atoms with E-state index in [-0.39, 0.29) is 5.91 Å². The average Bonchev–Trinajstić information content (AvgIpc) is 2.63. The second-order valence-corrected chi connectivity index (χ2v) is 5.01.